The summed E-state index contributed by atoms with van der Waals surface area (Å²) in [5.41, 5.74) is 10.1. The lowest BCUT2D eigenvalue weighted by Crippen LogP contribution is -2.50. The zero-order chi connectivity index (χ0) is 14.2. The first kappa shape index (κ1) is 13.5. The highest BCUT2D eigenvalue weighted by atomic mass is 15.3. The van der Waals surface area contributed by atoms with Crippen molar-refractivity contribution in [2.75, 3.05) is 31.1 Å². The van der Waals surface area contributed by atoms with Crippen molar-refractivity contribution in [2.45, 2.75) is 51.1 Å². The van der Waals surface area contributed by atoms with Gasteiger partial charge in [-0.3, -0.25) is 4.90 Å². The number of nitrogens with two attached hydrogens (primary N) is 1. The molecule has 0 radical (unpaired) electrons. The van der Waals surface area contributed by atoms with Gasteiger partial charge in [0.05, 0.1) is 0 Å². The van der Waals surface area contributed by atoms with Gasteiger partial charge in [-0.15, -0.1) is 0 Å². The average molecular weight is 286 g/mol. The van der Waals surface area contributed by atoms with Gasteiger partial charge in [0.2, 0.25) is 0 Å². The van der Waals surface area contributed by atoms with Crippen LogP contribution in [0, 0.1) is 0 Å². The number of hydrogen-bond donors (Lipinski definition) is 1. The molecule has 1 aliphatic carbocycles. The van der Waals surface area contributed by atoms with Gasteiger partial charge in [0.15, 0.2) is 0 Å². The molecule has 0 saturated carbocycles. The van der Waals surface area contributed by atoms with Crippen LogP contribution in [0.1, 0.15) is 42.5 Å². The van der Waals surface area contributed by atoms with Crippen molar-refractivity contribution in [2.24, 2.45) is 5.73 Å². The summed E-state index contributed by atoms with van der Waals surface area (Å²) < 4.78 is 0. The smallest absolute Gasteiger partial charge is 0.133 e. The van der Waals surface area contributed by atoms with Crippen LogP contribution in [-0.2, 0) is 19.4 Å². The van der Waals surface area contributed by atoms with Crippen molar-refractivity contribution in [1.29, 1.82) is 0 Å². The normalized spacial score (nSPS) is 25.8. The van der Waals surface area contributed by atoms with Crippen LogP contribution in [0.3, 0.4) is 0 Å². The quantitative estimate of drug-likeness (QED) is 0.899. The lowest BCUT2D eigenvalue weighted by Gasteiger charge is -2.39. The van der Waals surface area contributed by atoms with Gasteiger partial charge < -0.3 is 10.6 Å². The highest BCUT2D eigenvalue weighted by Crippen LogP contribution is 2.30. The van der Waals surface area contributed by atoms with Gasteiger partial charge in [-0.1, -0.05) is 0 Å². The molecule has 4 rings (SSSR count). The van der Waals surface area contributed by atoms with Crippen molar-refractivity contribution in [3.63, 3.8) is 0 Å². The number of rotatable bonds is 2. The summed E-state index contributed by atoms with van der Waals surface area (Å²) in [4.78, 5) is 10.2. The molecule has 2 fully saturated rings. The first-order valence-corrected chi connectivity index (χ1v) is 8.56. The highest BCUT2D eigenvalue weighted by molar-refractivity contribution is 5.51. The predicted molar refractivity (Wildman–Crippen MR) is 85.6 cm³/mol. The second kappa shape index (κ2) is 5.58. The Kier molecular flexibility index (Phi) is 3.59. The average Bonchev–Trinajstić information content (AvgIpc) is 3.01. The Bertz CT molecular complexity index is 528. The Morgan fingerprint density at radius 3 is 2.95 bits per heavy atom. The molecule has 1 aromatic rings. The molecule has 114 valence electrons. The zero-order valence-corrected chi connectivity index (χ0v) is 12.9. The van der Waals surface area contributed by atoms with Crippen LogP contribution < -0.4 is 10.6 Å². The van der Waals surface area contributed by atoms with Gasteiger partial charge in [0.25, 0.3) is 0 Å². The third-order valence-corrected chi connectivity index (χ3v) is 5.46. The topological polar surface area (TPSA) is 45.4 Å². The molecule has 0 amide bonds. The lowest BCUT2D eigenvalue weighted by atomic mass is 9.94. The summed E-state index contributed by atoms with van der Waals surface area (Å²) in [5.74, 6) is 1.18. The fraction of sp³-hybridized carbons (Fsp3) is 0.706. The standard InChI is InChI=1S/C17H26N4/c18-11-14-10-13-4-1-2-6-16(13)19-17(14)21-9-8-20-7-3-5-15(20)12-21/h10,15H,1-9,11-12,18H2. The number of nitrogens with zero attached hydrogens (tertiary/aromatic N) is 3. The summed E-state index contributed by atoms with van der Waals surface area (Å²) in [6, 6.07) is 3.08. The molecule has 3 heterocycles. The zero-order valence-electron chi connectivity index (χ0n) is 12.9. The third-order valence-electron chi connectivity index (χ3n) is 5.46. The minimum atomic E-state index is 0.612. The number of aryl methyl sites for hydroxylation is 2. The van der Waals surface area contributed by atoms with Crippen molar-refractivity contribution in [1.82, 2.24) is 9.88 Å². The summed E-state index contributed by atoms with van der Waals surface area (Å²) >= 11 is 0. The van der Waals surface area contributed by atoms with E-state index in [2.05, 4.69) is 15.9 Å². The Morgan fingerprint density at radius 2 is 2.05 bits per heavy atom. The van der Waals surface area contributed by atoms with E-state index in [1.807, 2.05) is 0 Å². The minimum absolute atomic E-state index is 0.612. The molecule has 2 aliphatic heterocycles. The van der Waals surface area contributed by atoms with Crippen LogP contribution in [0.15, 0.2) is 6.07 Å². The van der Waals surface area contributed by atoms with Crippen molar-refractivity contribution >= 4 is 5.82 Å². The van der Waals surface area contributed by atoms with Crippen LogP contribution >= 0.6 is 0 Å². The van der Waals surface area contributed by atoms with Crippen LogP contribution in [0.5, 0.6) is 0 Å². The van der Waals surface area contributed by atoms with E-state index in [1.165, 1.54) is 67.8 Å². The lowest BCUT2D eigenvalue weighted by molar-refractivity contribution is 0.230. The molecular weight excluding hydrogens is 260 g/mol. The summed E-state index contributed by atoms with van der Waals surface area (Å²) in [6.45, 7) is 5.34. The SMILES string of the molecule is NCc1cc2c(nc1N1CCN3CCCC3C1)CCCC2. The highest BCUT2D eigenvalue weighted by Gasteiger charge is 2.32. The fourth-order valence-corrected chi connectivity index (χ4v) is 4.28. The Labute approximate surface area is 127 Å². The molecule has 0 spiro atoms. The van der Waals surface area contributed by atoms with Gasteiger partial charge >= 0.3 is 0 Å². The number of hydrogen-bond acceptors (Lipinski definition) is 4. The Hall–Kier alpha value is -1.13. The molecule has 2 N–H and O–H groups in total. The maximum atomic E-state index is 6.02. The van der Waals surface area contributed by atoms with E-state index in [0.717, 1.165) is 25.6 Å². The molecule has 0 aromatic carbocycles. The van der Waals surface area contributed by atoms with E-state index < -0.39 is 0 Å². The van der Waals surface area contributed by atoms with Crippen molar-refractivity contribution in [3.05, 3.63) is 22.9 Å². The Balaban J connectivity index is 1.64. The van der Waals surface area contributed by atoms with Crippen molar-refractivity contribution in [3.8, 4) is 0 Å². The number of anilines is 1. The summed E-state index contributed by atoms with van der Waals surface area (Å²) in [7, 11) is 0. The molecule has 1 atom stereocenters. The van der Waals surface area contributed by atoms with E-state index in [-0.39, 0.29) is 0 Å². The molecule has 3 aliphatic rings. The monoisotopic (exact) mass is 286 g/mol. The molecule has 21 heavy (non-hydrogen) atoms. The third kappa shape index (κ3) is 2.44. The second-order valence-electron chi connectivity index (χ2n) is 6.77. The first-order valence-electron chi connectivity index (χ1n) is 8.56. The summed E-state index contributed by atoms with van der Waals surface area (Å²) in [5, 5.41) is 0. The molecule has 1 unspecified atom stereocenters. The number of aromatic nitrogens is 1. The van der Waals surface area contributed by atoms with Crippen molar-refractivity contribution < 1.29 is 0 Å². The van der Waals surface area contributed by atoms with E-state index in [4.69, 9.17) is 10.7 Å². The van der Waals surface area contributed by atoms with Gasteiger partial charge in [-0.25, -0.2) is 4.98 Å². The van der Waals surface area contributed by atoms with E-state index >= 15 is 0 Å². The van der Waals surface area contributed by atoms with E-state index in [1.54, 1.807) is 0 Å². The molecule has 2 saturated heterocycles. The van der Waals surface area contributed by atoms with E-state index in [9.17, 15) is 0 Å². The van der Waals surface area contributed by atoms with Crippen LogP contribution in [0.4, 0.5) is 5.82 Å². The molecule has 0 bridgehead atoms. The summed E-state index contributed by atoms with van der Waals surface area (Å²) in [6.07, 6.45) is 7.64. The van der Waals surface area contributed by atoms with Crippen LogP contribution in [0.25, 0.3) is 0 Å². The maximum absolute atomic E-state index is 6.02. The molecular formula is C17H26N4. The minimum Gasteiger partial charge on any atom is -0.353 e. The fourth-order valence-electron chi connectivity index (χ4n) is 4.28. The number of fused-ring (bicyclic) bond motifs is 2. The predicted octanol–water partition coefficient (Wildman–Crippen LogP) is 1.70. The largest absolute Gasteiger partial charge is 0.353 e. The van der Waals surface area contributed by atoms with E-state index in [0.29, 0.717) is 6.54 Å². The second-order valence-corrected chi connectivity index (χ2v) is 6.77. The van der Waals surface area contributed by atoms with Gasteiger partial charge in [0, 0.05) is 43.5 Å². The van der Waals surface area contributed by atoms with Gasteiger partial charge in [-0.05, 0) is 56.7 Å². The molecule has 4 heteroatoms. The molecule has 4 nitrogen and oxygen atoms in total. The Morgan fingerprint density at radius 1 is 1.14 bits per heavy atom. The number of piperazine rings is 1. The van der Waals surface area contributed by atoms with Gasteiger partial charge in [0.1, 0.15) is 5.82 Å². The molecule has 1 aromatic heterocycles. The maximum Gasteiger partial charge on any atom is 0.133 e. The number of pyridine rings is 1. The van der Waals surface area contributed by atoms with Gasteiger partial charge in [-0.2, -0.15) is 0 Å². The first-order chi connectivity index (χ1) is 10.3. The van der Waals surface area contributed by atoms with Crippen LogP contribution in [0.2, 0.25) is 0 Å². The van der Waals surface area contributed by atoms with Crippen LogP contribution in [-0.4, -0.2) is 42.1 Å².